The molecular formula is C14H19N3O3. The van der Waals surface area contributed by atoms with Crippen LogP contribution < -0.4 is 10.2 Å². The highest BCUT2D eigenvalue weighted by Gasteiger charge is 2.37. The van der Waals surface area contributed by atoms with Crippen LogP contribution in [0.25, 0.3) is 0 Å². The fourth-order valence-electron chi connectivity index (χ4n) is 2.38. The summed E-state index contributed by atoms with van der Waals surface area (Å²) in [5.74, 6) is -1.54. The van der Waals surface area contributed by atoms with Crippen molar-refractivity contribution in [3.63, 3.8) is 0 Å². The van der Waals surface area contributed by atoms with E-state index in [0.717, 1.165) is 0 Å². The number of benzene rings is 1. The summed E-state index contributed by atoms with van der Waals surface area (Å²) in [6.45, 7) is 1.46. The third-order valence-electron chi connectivity index (χ3n) is 3.52. The van der Waals surface area contributed by atoms with E-state index < -0.39 is 11.9 Å². The zero-order chi connectivity index (χ0) is 14.7. The molecule has 20 heavy (non-hydrogen) atoms. The van der Waals surface area contributed by atoms with Crippen LogP contribution in [0, 0.1) is 0 Å². The van der Waals surface area contributed by atoms with E-state index in [9.17, 15) is 14.7 Å². The maximum Gasteiger partial charge on any atom is 0.324 e. The molecule has 1 aliphatic rings. The first kappa shape index (κ1) is 14.3. The van der Waals surface area contributed by atoms with Crippen LogP contribution in [0.5, 0.6) is 0 Å². The SMILES string of the molecule is CNCCN(C)C(=O)N1CC(C(=O)O)c2ccccc21. The molecule has 6 heteroatoms. The lowest BCUT2D eigenvalue weighted by atomic mass is 10.0. The number of aliphatic carboxylic acids is 1. The number of fused-ring (bicyclic) bond motifs is 1. The van der Waals surface area contributed by atoms with Crippen LogP contribution in [0.1, 0.15) is 11.5 Å². The fourth-order valence-corrected chi connectivity index (χ4v) is 2.38. The molecule has 1 aromatic carbocycles. The van der Waals surface area contributed by atoms with Gasteiger partial charge in [-0.1, -0.05) is 18.2 Å². The van der Waals surface area contributed by atoms with E-state index in [0.29, 0.717) is 24.3 Å². The van der Waals surface area contributed by atoms with Crippen molar-refractivity contribution in [3.8, 4) is 0 Å². The first-order valence-corrected chi connectivity index (χ1v) is 6.55. The van der Waals surface area contributed by atoms with E-state index in [-0.39, 0.29) is 12.6 Å². The number of hydrogen-bond donors (Lipinski definition) is 2. The van der Waals surface area contributed by atoms with E-state index in [1.165, 1.54) is 0 Å². The molecule has 1 atom stereocenters. The van der Waals surface area contributed by atoms with E-state index >= 15 is 0 Å². The topological polar surface area (TPSA) is 72.9 Å². The highest BCUT2D eigenvalue weighted by molar-refractivity contribution is 5.97. The molecule has 0 spiro atoms. The Labute approximate surface area is 118 Å². The smallest absolute Gasteiger partial charge is 0.324 e. The third kappa shape index (κ3) is 2.60. The average molecular weight is 277 g/mol. The molecule has 0 bridgehead atoms. The number of hydrogen-bond acceptors (Lipinski definition) is 3. The summed E-state index contributed by atoms with van der Waals surface area (Å²) in [6.07, 6.45) is 0. The van der Waals surface area contributed by atoms with Gasteiger partial charge in [0.2, 0.25) is 0 Å². The lowest BCUT2D eigenvalue weighted by Crippen LogP contribution is -2.43. The Balaban J connectivity index is 2.22. The number of rotatable bonds is 4. The molecule has 0 radical (unpaired) electrons. The van der Waals surface area contributed by atoms with Crippen LogP contribution in [0.2, 0.25) is 0 Å². The minimum absolute atomic E-state index is 0.170. The van der Waals surface area contributed by atoms with Gasteiger partial charge in [0.1, 0.15) is 5.92 Å². The molecule has 1 unspecified atom stereocenters. The lowest BCUT2D eigenvalue weighted by Gasteiger charge is -2.25. The summed E-state index contributed by atoms with van der Waals surface area (Å²) in [7, 11) is 3.54. The summed E-state index contributed by atoms with van der Waals surface area (Å²) >= 11 is 0. The predicted octanol–water partition coefficient (Wildman–Crippen LogP) is 0.946. The molecule has 6 nitrogen and oxygen atoms in total. The van der Waals surface area contributed by atoms with Gasteiger partial charge in [-0.2, -0.15) is 0 Å². The van der Waals surface area contributed by atoms with Crippen LogP contribution in [0.3, 0.4) is 0 Å². The van der Waals surface area contributed by atoms with Crippen molar-refractivity contribution in [2.45, 2.75) is 5.92 Å². The van der Waals surface area contributed by atoms with Gasteiger partial charge >= 0.3 is 12.0 Å². The number of likely N-dealkylation sites (N-methyl/N-ethyl adjacent to an activating group) is 2. The Kier molecular flexibility index (Phi) is 4.24. The number of amides is 2. The maximum absolute atomic E-state index is 12.4. The first-order valence-electron chi connectivity index (χ1n) is 6.55. The fraction of sp³-hybridized carbons (Fsp3) is 0.429. The first-order chi connectivity index (χ1) is 9.56. The molecule has 1 aromatic rings. The van der Waals surface area contributed by atoms with Crippen molar-refractivity contribution >= 4 is 17.7 Å². The van der Waals surface area contributed by atoms with Gasteiger partial charge in [0.25, 0.3) is 0 Å². The van der Waals surface area contributed by atoms with Crippen molar-refractivity contribution in [1.29, 1.82) is 0 Å². The number of anilines is 1. The molecule has 0 saturated carbocycles. The lowest BCUT2D eigenvalue weighted by molar-refractivity contribution is -0.138. The zero-order valence-electron chi connectivity index (χ0n) is 11.7. The van der Waals surface area contributed by atoms with E-state index in [4.69, 9.17) is 0 Å². The molecule has 0 saturated heterocycles. The normalized spacial score (nSPS) is 16.9. The van der Waals surface area contributed by atoms with Crippen molar-refractivity contribution < 1.29 is 14.7 Å². The van der Waals surface area contributed by atoms with Crippen LogP contribution in [-0.2, 0) is 4.79 Å². The standard InChI is InChI=1S/C14H19N3O3/c1-15-7-8-16(2)14(20)17-9-11(13(18)19)10-5-3-4-6-12(10)17/h3-6,11,15H,7-9H2,1-2H3,(H,18,19). The summed E-state index contributed by atoms with van der Waals surface area (Å²) in [6, 6.07) is 7.01. The highest BCUT2D eigenvalue weighted by Crippen LogP contribution is 2.36. The van der Waals surface area contributed by atoms with E-state index in [1.807, 2.05) is 13.1 Å². The predicted molar refractivity (Wildman–Crippen MR) is 76.1 cm³/mol. The quantitative estimate of drug-likeness (QED) is 0.859. The largest absolute Gasteiger partial charge is 0.481 e. The Morgan fingerprint density at radius 1 is 1.45 bits per heavy atom. The van der Waals surface area contributed by atoms with Gasteiger partial charge < -0.3 is 15.3 Å². The monoisotopic (exact) mass is 277 g/mol. The number of para-hydroxylation sites is 1. The molecular weight excluding hydrogens is 258 g/mol. The molecule has 0 aromatic heterocycles. The Bertz CT molecular complexity index is 518. The maximum atomic E-state index is 12.4. The molecule has 2 amide bonds. The van der Waals surface area contributed by atoms with E-state index in [2.05, 4.69) is 5.32 Å². The van der Waals surface area contributed by atoms with Crippen LogP contribution in [0.15, 0.2) is 24.3 Å². The Morgan fingerprint density at radius 3 is 2.80 bits per heavy atom. The summed E-state index contributed by atoms with van der Waals surface area (Å²) in [5.41, 5.74) is 1.40. The summed E-state index contributed by atoms with van der Waals surface area (Å²) < 4.78 is 0. The number of carboxylic acids is 1. The van der Waals surface area contributed by atoms with Crippen molar-refractivity contribution in [2.24, 2.45) is 0 Å². The summed E-state index contributed by atoms with van der Waals surface area (Å²) in [4.78, 5) is 26.9. The Hall–Kier alpha value is -2.08. The molecule has 1 aliphatic heterocycles. The number of nitrogens with zero attached hydrogens (tertiary/aromatic N) is 2. The Morgan fingerprint density at radius 2 is 2.15 bits per heavy atom. The minimum atomic E-state index is -0.898. The number of urea groups is 1. The van der Waals surface area contributed by atoms with Gasteiger partial charge in [-0.3, -0.25) is 9.69 Å². The van der Waals surface area contributed by atoms with Crippen molar-refractivity contribution in [1.82, 2.24) is 10.2 Å². The van der Waals surface area contributed by atoms with E-state index in [1.54, 1.807) is 35.0 Å². The van der Waals surface area contributed by atoms with Crippen molar-refractivity contribution in [3.05, 3.63) is 29.8 Å². The molecule has 108 valence electrons. The van der Waals surface area contributed by atoms with Gasteiger partial charge in [0, 0.05) is 32.4 Å². The van der Waals surface area contributed by atoms with Crippen LogP contribution >= 0.6 is 0 Å². The molecule has 1 heterocycles. The molecule has 0 fully saturated rings. The summed E-state index contributed by atoms with van der Waals surface area (Å²) in [5, 5.41) is 12.3. The van der Waals surface area contributed by atoms with Gasteiger partial charge in [0.05, 0.1) is 0 Å². The second-order valence-electron chi connectivity index (χ2n) is 4.87. The average Bonchev–Trinajstić information content (AvgIpc) is 2.83. The number of carbonyl (C=O) groups is 2. The number of carbonyl (C=O) groups excluding carboxylic acids is 1. The molecule has 2 N–H and O–H groups in total. The second-order valence-corrected chi connectivity index (χ2v) is 4.87. The zero-order valence-corrected chi connectivity index (χ0v) is 11.7. The molecule has 2 rings (SSSR count). The van der Waals surface area contributed by atoms with Crippen LogP contribution in [0.4, 0.5) is 10.5 Å². The van der Waals surface area contributed by atoms with Crippen LogP contribution in [-0.4, -0.2) is 55.7 Å². The number of carboxylic acid groups (broad SMARTS) is 1. The number of nitrogens with one attached hydrogen (secondary N) is 1. The van der Waals surface area contributed by atoms with Gasteiger partial charge in [-0.15, -0.1) is 0 Å². The van der Waals surface area contributed by atoms with Gasteiger partial charge in [-0.25, -0.2) is 4.79 Å². The minimum Gasteiger partial charge on any atom is -0.481 e. The second kappa shape index (κ2) is 5.92. The van der Waals surface area contributed by atoms with Gasteiger partial charge in [0.15, 0.2) is 0 Å². The van der Waals surface area contributed by atoms with Gasteiger partial charge in [-0.05, 0) is 18.7 Å². The molecule has 0 aliphatic carbocycles. The third-order valence-corrected chi connectivity index (χ3v) is 3.52. The van der Waals surface area contributed by atoms with Crippen molar-refractivity contribution in [2.75, 3.05) is 38.6 Å². The highest BCUT2D eigenvalue weighted by atomic mass is 16.4.